The van der Waals surface area contributed by atoms with Crippen LogP contribution >= 0.6 is 11.3 Å². The molecule has 1 fully saturated rings. The van der Waals surface area contributed by atoms with E-state index in [-0.39, 0.29) is 6.04 Å². The Morgan fingerprint density at radius 2 is 2.00 bits per heavy atom. The van der Waals surface area contributed by atoms with Crippen LogP contribution < -0.4 is 9.62 Å². The number of likely N-dealkylation sites (N-methyl/N-ethyl adjacent to an activating group) is 1. The third-order valence-corrected chi connectivity index (χ3v) is 8.25. The lowest BCUT2D eigenvalue weighted by Gasteiger charge is -2.28. The molecule has 1 saturated heterocycles. The maximum Gasteiger partial charge on any atom is 0.250 e. The Kier molecular flexibility index (Phi) is 5.05. The average molecular weight is 392 g/mol. The maximum absolute atomic E-state index is 12.5. The van der Waals surface area contributed by atoms with Crippen molar-refractivity contribution in [2.75, 3.05) is 38.1 Å². The molecule has 2 aliphatic heterocycles. The topological polar surface area (TPSA) is 52.7 Å². The van der Waals surface area contributed by atoms with Crippen molar-refractivity contribution in [2.45, 2.75) is 29.5 Å². The van der Waals surface area contributed by atoms with Gasteiger partial charge < -0.3 is 4.90 Å². The first kappa shape index (κ1) is 18.0. The lowest BCUT2D eigenvalue weighted by atomic mass is 10.0. The highest BCUT2D eigenvalue weighted by atomic mass is 32.2. The van der Waals surface area contributed by atoms with Crippen molar-refractivity contribution < 1.29 is 8.42 Å². The second-order valence-corrected chi connectivity index (χ2v) is 10.0. The van der Waals surface area contributed by atoms with E-state index in [9.17, 15) is 8.42 Å². The van der Waals surface area contributed by atoms with E-state index in [1.807, 2.05) is 0 Å². The number of anilines is 1. The zero-order chi connectivity index (χ0) is 18.1. The van der Waals surface area contributed by atoms with Gasteiger partial charge in [0.25, 0.3) is 0 Å². The molecule has 7 heteroatoms. The second kappa shape index (κ2) is 7.31. The molecule has 4 rings (SSSR count). The van der Waals surface area contributed by atoms with Crippen molar-refractivity contribution >= 4 is 27.0 Å². The lowest BCUT2D eigenvalue weighted by Crippen LogP contribution is -2.36. The van der Waals surface area contributed by atoms with Gasteiger partial charge in [-0.15, -0.1) is 11.3 Å². The van der Waals surface area contributed by atoms with Gasteiger partial charge in [0.1, 0.15) is 4.21 Å². The van der Waals surface area contributed by atoms with Crippen LogP contribution in [0.3, 0.4) is 0 Å². The zero-order valence-electron chi connectivity index (χ0n) is 15.0. The molecular weight excluding hydrogens is 366 g/mol. The van der Waals surface area contributed by atoms with Crippen LogP contribution in [0.4, 0.5) is 5.69 Å². The Bertz CT molecular complexity index is 859. The number of benzene rings is 1. The van der Waals surface area contributed by atoms with Gasteiger partial charge in [-0.1, -0.05) is 18.2 Å². The van der Waals surface area contributed by atoms with Gasteiger partial charge in [-0.05, 0) is 61.0 Å². The predicted molar refractivity (Wildman–Crippen MR) is 106 cm³/mol. The number of likely N-dealkylation sites (tertiary alicyclic amines) is 1. The highest BCUT2D eigenvalue weighted by Crippen LogP contribution is 2.32. The Hall–Kier alpha value is -1.41. The van der Waals surface area contributed by atoms with Gasteiger partial charge in [-0.3, -0.25) is 4.90 Å². The van der Waals surface area contributed by atoms with Gasteiger partial charge >= 0.3 is 0 Å². The van der Waals surface area contributed by atoms with Crippen LogP contribution in [0.15, 0.2) is 39.9 Å². The molecule has 2 aromatic rings. The number of thiophene rings is 1. The molecule has 0 radical (unpaired) electrons. The molecule has 0 saturated carbocycles. The summed E-state index contributed by atoms with van der Waals surface area (Å²) in [5, 5.41) is 1.80. The minimum absolute atomic E-state index is 0.0865. The Morgan fingerprint density at radius 3 is 2.73 bits per heavy atom. The van der Waals surface area contributed by atoms with E-state index < -0.39 is 10.0 Å². The van der Waals surface area contributed by atoms with Crippen molar-refractivity contribution in [2.24, 2.45) is 0 Å². The minimum Gasteiger partial charge on any atom is -0.374 e. The van der Waals surface area contributed by atoms with Gasteiger partial charge in [0.05, 0.1) is 0 Å². The van der Waals surface area contributed by atoms with Crippen LogP contribution in [0.5, 0.6) is 0 Å². The first-order valence-electron chi connectivity index (χ1n) is 9.16. The number of sulfonamides is 1. The van der Waals surface area contributed by atoms with Crippen LogP contribution in [0, 0.1) is 0 Å². The molecule has 0 amide bonds. The molecule has 0 bridgehead atoms. The van der Waals surface area contributed by atoms with Crippen molar-refractivity contribution in [3.63, 3.8) is 0 Å². The van der Waals surface area contributed by atoms with Crippen molar-refractivity contribution in [1.82, 2.24) is 9.62 Å². The normalized spacial score (nSPS) is 19.0. The largest absolute Gasteiger partial charge is 0.374 e. The van der Waals surface area contributed by atoms with E-state index in [4.69, 9.17) is 0 Å². The molecule has 5 nitrogen and oxygen atoms in total. The number of nitrogens with zero attached hydrogens (tertiary/aromatic N) is 2. The molecule has 1 atom stereocenters. The molecule has 0 aliphatic carbocycles. The standard InChI is InChI=1S/C19H25N3O2S2/c1-21-11-8-16-13-15(6-7-17(16)21)18(22-9-2-3-10-22)14-20-26(23,24)19-5-4-12-25-19/h4-7,12-13,18,20H,2-3,8-11,14H2,1H3. The summed E-state index contributed by atoms with van der Waals surface area (Å²) in [6, 6.07) is 10.2. The summed E-state index contributed by atoms with van der Waals surface area (Å²) in [6.45, 7) is 3.53. The van der Waals surface area contributed by atoms with Crippen molar-refractivity contribution in [3.05, 3.63) is 46.8 Å². The SMILES string of the molecule is CN1CCc2cc(C(CNS(=O)(=O)c3cccs3)N3CCCC3)ccc21. The Labute approximate surface area is 159 Å². The quantitative estimate of drug-likeness (QED) is 0.823. The summed E-state index contributed by atoms with van der Waals surface area (Å²) in [6.07, 6.45) is 3.43. The predicted octanol–water partition coefficient (Wildman–Crippen LogP) is 2.86. The highest BCUT2D eigenvalue weighted by molar-refractivity contribution is 7.91. The van der Waals surface area contributed by atoms with Gasteiger partial charge in [-0.25, -0.2) is 13.1 Å². The third kappa shape index (κ3) is 3.53. The van der Waals surface area contributed by atoms with E-state index >= 15 is 0 Å². The summed E-state index contributed by atoms with van der Waals surface area (Å²) in [4.78, 5) is 4.70. The van der Waals surface area contributed by atoms with E-state index in [0.29, 0.717) is 10.8 Å². The smallest absolute Gasteiger partial charge is 0.250 e. The monoisotopic (exact) mass is 391 g/mol. The average Bonchev–Trinajstić information content (AvgIpc) is 3.37. The molecule has 0 spiro atoms. The maximum atomic E-state index is 12.5. The summed E-state index contributed by atoms with van der Waals surface area (Å²) >= 11 is 1.26. The first-order valence-corrected chi connectivity index (χ1v) is 11.5. The molecule has 1 N–H and O–H groups in total. The minimum atomic E-state index is -3.44. The summed E-state index contributed by atoms with van der Waals surface area (Å²) in [5.41, 5.74) is 3.89. The van der Waals surface area contributed by atoms with E-state index in [2.05, 4.69) is 39.8 Å². The summed E-state index contributed by atoms with van der Waals surface area (Å²) < 4.78 is 28.3. The van der Waals surface area contributed by atoms with Crippen LogP contribution in [0.2, 0.25) is 0 Å². The molecular formula is C19H25N3O2S2. The van der Waals surface area contributed by atoms with Gasteiger partial charge in [0, 0.05) is 31.9 Å². The van der Waals surface area contributed by atoms with Crippen LogP contribution in [-0.2, 0) is 16.4 Å². The van der Waals surface area contributed by atoms with Gasteiger partial charge in [-0.2, -0.15) is 0 Å². The Balaban J connectivity index is 1.57. The molecule has 1 aromatic heterocycles. The fourth-order valence-electron chi connectivity index (χ4n) is 3.98. The Morgan fingerprint density at radius 1 is 1.19 bits per heavy atom. The van der Waals surface area contributed by atoms with E-state index in [1.54, 1.807) is 17.5 Å². The van der Waals surface area contributed by atoms with Crippen molar-refractivity contribution in [3.8, 4) is 0 Å². The van der Waals surface area contributed by atoms with Gasteiger partial charge in [0.2, 0.25) is 10.0 Å². The number of fused-ring (bicyclic) bond motifs is 1. The number of rotatable bonds is 6. The molecule has 1 aromatic carbocycles. The number of hydrogen-bond donors (Lipinski definition) is 1. The van der Waals surface area contributed by atoms with E-state index in [0.717, 1.165) is 26.1 Å². The fraction of sp³-hybridized carbons (Fsp3) is 0.474. The van der Waals surface area contributed by atoms with Crippen LogP contribution in [0.1, 0.15) is 30.0 Å². The van der Waals surface area contributed by atoms with E-state index in [1.165, 1.54) is 41.0 Å². The van der Waals surface area contributed by atoms with Crippen molar-refractivity contribution in [1.29, 1.82) is 0 Å². The second-order valence-electron chi connectivity index (χ2n) is 7.10. The molecule has 26 heavy (non-hydrogen) atoms. The summed E-state index contributed by atoms with van der Waals surface area (Å²) in [7, 11) is -1.31. The zero-order valence-corrected chi connectivity index (χ0v) is 16.7. The molecule has 2 aliphatic rings. The number of hydrogen-bond acceptors (Lipinski definition) is 5. The first-order chi connectivity index (χ1) is 12.5. The fourth-order valence-corrected chi connectivity index (χ4v) is 6.06. The molecule has 1 unspecified atom stereocenters. The third-order valence-electron chi connectivity index (χ3n) is 5.42. The number of nitrogens with one attached hydrogen (secondary N) is 1. The van der Waals surface area contributed by atoms with Crippen LogP contribution in [0.25, 0.3) is 0 Å². The summed E-state index contributed by atoms with van der Waals surface area (Å²) in [5.74, 6) is 0. The molecule has 140 valence electrons. The van der Waals surface area contributed by atoms with Crippen LogP contribution in [-0.4, -0.2) is 46.5 Å². The van der Waals surface area contributed by atoms with Gasteiger partial charge in [0.15, 0.2) is 0 Å². The lowest BCUT2D eigenvalue weighted by molar-refractivity contribution is 0.246. The molecule has 3 heterocycles. The highest BCUT2D eigenvalue weighted by Gasteiger charge is 2.27.